The smallest absolute Gasteiger partial charge is 0.0714 e. The first-order chi connectivity index (χ1) is 34.2. The van der Waals surface area contributed by atoms with Gasteiger partial charge in [-0.1, -0.05) is 224 Å². The summed E-state index contributed by atoms with van der Waals surface area (Å²) in [6, 6.07) is 86.8. The van der Waals surface area contributed by atoms with Crippen molar-refractivity contribution in [2.75, 3.05) is 5.32 Å². The van der Waals surface area contributed by atoms with Crippen molar-refractivity contribution in [3.05, 3.63) is 294 Å². The molecule has 326 valence electrons. The van der Waals surface area contributed by atoms with E-state index in [1.165, 1.54) is 72.0 Å². The van der Waals surface area contributed by atoms with Crippen molar-refractivity contribution in [1.29, 1.82) is 0 Å². The van der Waals surface area contributed by atoms with E-state index in [0.717, 1.165) is 44.7 Å². The molecule has 3 heteroatoms. The zero-order chi connectivity index (χ0) is 45.7. The number of hydrogen-bond acceptors (Lipinski definition) is 1. The van der Waals surface area contributed by atoms with Crippen LogP contribution in [0.3, 0.4) is 0 Å². The Hall–Kier alpha value is -8.92. The van der Waals surface area contributed by atoms with Gasteiger partial charge < -0.3 is 15.6 Å². The van der Waals surface area contributed by atoms with Crippen molar-refractivity contribution in [2.24, 2.45) is 0 Å². The number of rotatable bonds is 9. The van der Waals surface area contributed by atoms with Crippen LogP contribution in [0.15, 0.2) is 261 Å². The lowest BCUT2D eigenvalue weighted by Crippen LogP contribution is -2.28. The molecule has 0 bridgehead atoms. The molecule has 0 saturated heterocycles. The average molecular weight is 881 g/mol. The Bertz CT molecular complexity index is 3720. The largest absolute Gasteiger partial charge is 0.681 e. The third-order valence-electron chi connectivity index (χ3n) is 14.3. The summed E-state index contributed by atoms with van der Waals surface area (Å²) in [5, 5.41) is 11.0. The average Bonchev–Trinajstić information content (AvgIpc) is 3.96. The van der Waals surface area contributed by atoms with E-state index in [4.69, 9.17) is 5.32 Å². The Morgan fingerprint density at radius 1 is 0.420 bits per heavy atom. The van der Waals surface area contributed by atoms with Crippen molar-refractivity contribution in [3.8, 4) is 55.6 Å². The molecule has 2 N–H and O–H groups in total. The fraction of sp³-hybridized carbons (Fsp3) is 0.0303. The van der Waals surface area contributed by atoms with Gasteiger partial charge in [0.1, 0.15) is 0 Å². The Kier molecular flexibility index (Phi) is 9.80. The van der Waals surface area contributed by atoms with Gasteiger partial charge in [-0.2, -0.15) is 6.20 Å². The highest BCUT2D eigenvalue weighted by Gasteiger charge is 2.47. The van der Waals surface area contributed by atoms with E-state index in [1.807, 2.05) is 12.3 Å². The highest BCUT2D eigenvalue weighted by atomic mass is 14.9. The van der Waals surface area contributed by atoms with E-state index >= 15 is 0 Å². The van der Waals surface area contributed by atoms with Crippen molar-refractivity contribution >= 4 is 33.2 Å². The molecule has 13 rings (SSSR count). The van der Waals surface area contributed by atoms with Gasteiger partial charge >= 0.3 is 0 Å². The third kappa shape index (κ3) is 6.81. The van der Waals surface area contributed by atoms with Crippen LogP contribution in [0.1, 0.15) is 33.9 Å². The fourth-order valence-electron chi connectivity index (χ4n) is 11.2. The van der Waals surface area contributed by atoms with Crippen LogP contribution in [0, 0.1) is 0 Å². The number of benzene rings is 10. The molecule has 0 saturated carbocycles. The summed E-state index contributed by atoms with van der Waals surface area (Å²) in [5.41, 5.74) is 21.8. The van der Waals surface area contributed by atoms with Gasteiger partial charge in [0.25, 0.3) is 0 Å². The lowest BCUT2D eigenvalue weighted by molar-refractivity contribution is 0.769. The van der Waals surface area contributed by atoms with Crippen LogP contribution in [0.4, 0.5) is 11.4 Å². The second-order valence-corrected chi connectivity index (χ2v) is 18.2. The summed E-state index contributed by atoms with van der Waals surface area (Å²) in [6.07, 6.45) is 8.06. The van der Waals surface area contributed by atoms with Crippen LogP contribution in [0.5, 0.6) is 0 Å². The number of fused-ring (bicyclic) bond motifs is 6. The van der Waals surface area contributed by atoms with Crippen molar-refractivity contribution < 1.29 is 0 Å². The Balaban J connectivity index is 1.03. The minimum Gasteiger partial charge on any atom is -0.681 e. The molecule has 1 atom stereocenters. The number of H-pyrrole nitrogens is 1. The first-order valence-corrected chi connectivity index (χ1v) is 23.8. The molecule has 0 amide bonds. The summed E-state index contributed by atoms with van der Waals surface area (Å²) in [5.74, 6) is 0. The van der Waals surface area contributed by atoms with Crippen LogP contribution < -0.4 is 5.32 Å². The molecule has 2 aliphatic rings. The van der Waals surface area contributed by atoms with Crippen LogP contribution in [0.25, 0.3) is 82.8 Å². The zero-order valence-corrected chi connectivity index (χ0v) is 37.9. The van der Waals surface area contributed by atoms with Crippen LogP contribution in [-0.2, 0) is 5.41 Å². The van der Waals surface area contributed by atoms with Crippen molar-refractivity contribution in [1.82, 2.24) is 4.98 Å². The van der Waals surface area contributed by atoms with Gasteiger partial charge in [-0.15, -0.1) is 0 Å². The van der Waals surface area contributed by atoms with Crippen molar-refractivity contribution in [2.45, 2.75) is 11.5 Å². The summed E-state index contributed by atoms with van der Waals surface area (Å²) >= 11 is 0. The van der Waals surface area contributed by atoms with E-state index in [0.29, 0.717) is 0 Å². The summed E-state index contributed by atoms with van der Waals surface area (Å²) < 4.78 is 0. The second-order valence-electron chi connectivity index (χ2n) is 18.2. The number of hydrogen-bond donors (Lipinski definition) is 2. The fourth-order valence-corrected chi connectivity index (χ4v) is 11.2. The number of nitrogens with one attached hydrogen (secondary N) is 2. The third-order valence-corrected chi connectivity index (χ3v) is 14.3. The predicted molar refractivity (Wildman–Crippen MR) is 289 cm³/mol. The minimum absolute atomic E-state index is 0.0192. The van der Waals surface area contributed by atoms with Gasteiger partial charge in [-0.25, -0.2) is 0 Å². The lowest BCUT2D eigenvalue weighted by Gasteiger charge is -2.34. The highest BCUT2D eigenvalue weighted by Crippen LogP contribution is 2.59. The summed E-state index contributed by atoms with van der Waals surface area (Å²) in [4.78, 5) is 3.93. The van der Waals surface area contributed by atoms with E-state index in [2.05, 4.69) is 259 Å². The van der Waals surface area contributed by atoms with Crippen molar-refractivity contribution in [3.63, 3.8) is 0 Å². The molecule has 69 heavy (non-hydrogen) atoms. The normalized spacial score (nSPS) is 14.3. The predicted octanol–water partition coefficient (Wildman–Crippen LogP) is 17.6. The monoisotopic (exact) mass is 880 g/mol. The Morgan fingerprint density at radius 3 is 1.77 bits per heavy atom. The quantitative estimate of drug-likeness (QED) is 0.149. The molecule has 3 nitrogen and oxygen atoms in total. The summed E-state index contributed by atoms with van der Waals surface area (Å²) in [7, 11) is 0. The molecule has 1 aliphatic carbocycles. The van der Waals surface area contributed by atoms with Gasteiger partial charge in [0.15, 0.2) is 0 Å². The first kappa shape index (κ1) is 40.4. The van der Waals surface area contributed by atoms with E-state index < -0.39 is 5.41 Å². The van der Waals surface area contributed by atoms with E-state index in [-0.39, 0.29) is 6.04 Å². The number of anilines is 2. The van der Waals surface area contributed by atoms with Gasteiger partial charge in [-0.05, 0) is 115 Å². The summed E-state index contributed by atoms with van der Waals surface area (Å²) in [6.45, 7) is 0. The Labute approximate surface area is 402 Å². The number of allylic oxidation sites excluding steroid dienone is 2. The maximum atomic E-state index is 4.69. The van der Waals surface area contributed by atoms with Gasteiger partial charge in [0.2, 0.25) is 0 Å². The molecule has 0 fully saturated rings. The molecule has 1 unspecified atom stereocenters. The Morgan fingerprint density at radius 2 is 1.06 bits per heavy atom. The highest BCUT2D eigenvalue weighted by molar-refractivity contribution is 6.19. The molecule has 2 heterocycles. The first-order valence-electron chi connectivity index (χ1n) is 23.8. The molecule has 1 aliphatic heterocycles. The molecule has 11 aromatic rings. The standard InChI is InChI=1S/C66H46N3/c1-5-18-44(19-6-1)47-33-38-62-58(41-47)64-54(45-20-7-2-8-21-45)36-37-55(65(64)69-62)48-22-17-23-49(40-48)57-42-53(68-52-34-31-46(32-35-52)61-30-15-16-39-67-61)43-60-63(57)56-28-13-14-29-59(56)66(60,50-24-9-3-10-25-50)51-26-11-4-12-27-51/h1-43,61,68-69H/q-1. The van der Waals surface area contributed by atoms with E-state index in [1.54, 1.807) is 0 Å². The van der Waals surface area contributed by atoms with Gasteiger partial charge in [0.05, 0.1) is 10.9 Å². The SMILES string of the molecule is C1=C[N-]C(c2ccc(Nc3cc(-c4cccc(-c5ccc(-c6ccccc6)c6c5[nH]c5ccc(-c7ccccc7)cc56)c4)c4c(c3)C(c3ccccc3)(c3ccccc3)c3ccccc3-4)cc2)C=C1. The maximum Gasteiger partial charge on any atom is 0.0714 e. The van der Waals surface area contributed by atoms with Gasteiger partial charge in [-0.3, -0.25) is 0 Å². The second kappa shape index (κ2) is 16.7. The molecule has 1 aromatic heterocycles. The maximum absolute atomic E-state index is 4.69. The van der Waals surface area contributed by atoms with Crippen LogP contribution in [0.2, 0.25) is 0 Å². The molecule has 10 aromatic carbocycles. The molecule has 0 spiro atoms. The van der Waals surface area contributed by atoms with Crippen LogP contribution in [-0.4, -0.2) is 4.98 Å². The van der Waals surface area contributed by atoms with E-state index in [9.17, 15) is 0 Å². The number of nitrogens with zero attached hydrogens (tertiary/aromatic N) is 1. The van der Waals surface area contributed by atoms with Crippen LogP contribution >= 0.6 is 0 Å². The van der Waals surface area contributed by atoms with Gasteiger partial charge in [0, 0.05) is 33.2 Å². The molecule has 0 radical (unpaired) electrons. The topological polar surface area (TPSA) is 41.9 Å². The zero-order valence-electron chi connectivity index (χ0n) is 37.9. The minimum atomic E-state index is -0.576. The molecular formula is C66H46N3-. The molecular weight excluding hydrogens is 835 g/mol. The lowest BCUT2D eigenvalue weighted by atomic mass is 9.67. The number of aromatic amines is 1. The number of aromatic nitrogens is 1.